The van der Waals surface area contributed by atoms with E-state index < -0.39 is 17.4 Å². The van der Waals surface area contributed by atoms with E-state index in [-0.39, 0.29) is 5.82 Å². The molecule has 2 aromatic heterocycles. The number of nitrogens with one attached hydrogen (secondary N) is 1. The topological polar surface area (TPSA) is 104 Å². The molecule has 0 aliphatic carbocycles. The molecule has 1 aliphatic heterocycles. The highest BCUT2D eigenvalue weighted by molar-refractivity contribution is 5.87. The van der Waals surface area contributed by atoms with Crippen molar-refractivity contribution >= 4 is 17.5 Å². The molecule has 1 saturated heterocycles. The van der Waals surface area contributed by atoms with E-state index in [4.69, 9.17) is 10.7 Å². The highest BCUT2D eigenvalue weighted by atomic mass is 19.1. The largest absolute Gasteiger partial charge is 0.385 e. The molecule has 7 nitrogen and oxygen atoms in total. The quantitative estimate of drug-likeness (QED) is 0.300. The van der Waals surface area contributed by atoms with E-state index >= 15 is 0 Å². The lowest BCUT2D eigenvalue weighted by Gasteiger charge is -2.39. The van der Waals surface area contributed by atoms with Gasteiger partial charge in [0.25, 0.3) is 0 Å². The summed E-state index contributed by atoms with van der Waals surface area (Å²) in [5, 5.41) is 14.6. The van der Waals surface area contributed by atoms with E-state index in [0.717, 1.165) is 16.9 Å². The summed E-state index contributed by atoms with van der Waals surface area (Å²) in [6.07, 6.45) is 5.00. The number of carbonyl (C=O) groups excluding carboxylic acids is 1. The van der Waals surface area contributed by atoms with Crippen molar-refractivity contribution in [3.05, 3.63) is 119 Å². The Bertz CT molecular complexity index is 1410. The van der Waals surface area contributed by atoms with Crippen molar-refractivity contribution in [1.29, 1.82) is 0 Å². The van der Waals surface area contributed by atoms with Gasteiger partial charge in [0.1, 0.15) is 17.5 Å². The van der Waals surface area contributed by atoms with Crippen molar-refractivity contribution in [2.45, 2.75) is 30.8 Å². The molecule has 39 heavy (non-hydrogen) atoms. The van der Waals surface area contributed by atoms with Gasteiger partial charge < -0.3 is 21.1 Å². The van der Waals surface area contributed by atoms with Gasteiger partial charge in [0, 0.05) is 37.6 Å². The minimum Gasteiger partial charge on any atom is -0.385 e. The Morgan fingerprint density at radius 2 is 1.85 bits per heavy atom. The van der Waals surface area contributed by atoms with Gasteiger partial charge in [-0.2, -0.15) is 0 Å². The number of pyridine rings is 2. The van der Waals surface area contributed by atoms with E-state index in [2.05, 4.69) is 15.2 Å². The van der Waals surface area contributed by atoms with Crippen LogP contribution in [0.3, 0.4) is 0 Å². The molecule has 1 unspecified atom stereocenters. The maximum Gasteiger partial charge on any atom is 0.229 e. The molecule has 1 amide bonds. The Morgan fingerprint density at radius 1 is 1.05 bits per heavy atom. The summed E-state index contributed by atoms with van der Waals surface area (Å²) in [5.74, 6) is -0.228. The zero-order valence-corrected chi connectivity index (χ0v) is 21.6. The van der Waals surface area contributed by atoms with Crippen LogP contribution in [0.4, 0.5) is 16.0 Å². The first kappa shape index (κ1) is 26.3. The molecule has 1 aliphatic rings. The number of benzene rings is 2. The van der Waals surface area contributed by atoms with Gasteiger partial charge in [0.05, 0.1) is 11.5 Å². The molecular formula is C31H32FN5O2. The van der Waals surface area contributed by atoms with Crippen LogP contribution in [0.15, 0.2) is 91.3 Å². The summed E-state index contributed by atoms with van der Waals surface area (Å²) in [7, 11) is 0. The van der Waals surface area contributed by atoms with Crippen LogP contribution < -0.4 is 16.0 Å². The summed E-state index contributed by atoms with van der Waals surface area (Å²) < 4.78 is 13.7. The number of primary amides is 1. The second-order valence-corrected chi connectivity index (χ2v) is 9.92. The molecule has 8 heteroatoms. The van der Waals surface area contributed by atoms with E-state index in [0.29, 0.717) is 55.8 Å². The molecule has 5 rings (SSSR count). The monoisotopic (exact) mass is 525 g/mol. The third kappa shape index (κ3) is 6.07. The molecule has 4 N–H and O–H groups in total. The molecule has 0 radical (unpaired) electrons. The van der Waals surface area contributed by atoms with E-state index in [1.165, 1.54) is 12.1 Å². The maximum absolute atomic E-state index is 13.7. The van der Waals surface area contributed by atoms with E-state index in [1.54, 1.807) is 24.5 Å². The van der Waals surface area contributed by atoms with Crippen molar-refractivity contribution in [2.24, 2.45) is 5.73 Å². The number of nitrogens with zero attached hydrogens (tertiary/aromatic N) is 3. The summed E-state index contributed by atoms with van der Waals surface area (Å²) in [6, 6.07) is 23.6. The number of aliphatic hydroxyl groups is 1. The predicted molar refractivity (Wildman–Crippen MR) is 150 cm³/mol. The van der Waals surface area contributed by atoms with Gasteiger partial charge in [-0.3, -0.25) is 9.78 Å². The highest BCUT2D eigenvalue weighted by Gasteiger charge is 2.34. The Hall–Kier alpha value is -4.30. The minimum atomic E-state index is -0.874. The SMILES string of the molecule is NC(=O)C(c1cccnc1)c1ccc(N2CCC(O)(c3ccccc3)CC2)nc1NCCc1cccc(F)c1. The van der Waals surface area contributed by atoms with Crippen LogP contribution in [0.2, 0.25) is 0 Å². The van der Waals surface area contributed by atoms with Crippen molar-refractivity contribution < 1.29 is 14.3 Å². The zero-order chi connectivity index (χ0) is 27.2. The van der Waals surface area contributed by atoms with Crippen molar-refractivity contribution in [3.8, 4) is 0 Å². The van der Waals surface area contributed by atoms with Gasteiger partial charge in [-0.25, -0.2) is 9.37 Å². The standard InChI is InChI=1S/C31H32FN5O2/c32-25-10-4-6-22(20-25)13-17-35-30-26(28(29(33)38)23-7-5-16-34-21-23)11-12-27(36-30)37-18-14-31(39,15-19-37)24-8-2-1-3-9-24/h1-12,16,20-21,28,39H,13-15,17-19H2,(H2,33,38)(H,35,36). The van der Waals surface area contributed by atoms with Gasteiger partial charge in [-0.05, 0) is 60.2 Å². The minimum absolute atomic E-state index is 0.278. The first-order chi connectivity index (χ1) is 18.9. The van der Waals surface area contributed by atoms with Crippen molar-refractivity contribution in [1.82, 2.24) is 9.97 Å². The summed E-state index contributed by atoms with van der Waals surface area (Å²) >= 11 is 0. The number of piperidine rings is 1. The Morgan fingerprint density at radius 3 is 2.54 bits per heavy atom. The lowest BCUT2D eigenvalue weighted by Crippen LogP contribution is -2.43. The number of rotatable bonds is 9. The number of halogens is 1. The first-order valence-electron chi connectivity index (χ1n) is 13.1. The number of amides is 1. The number of hydrogen-bond acceptors (Lipinski definition) is 6. The molecule has 2 aromatic carbocycles. The third-order valence-corrected chi connectivity index (χ3v) is 7.35. The lowest BCUT2D eigenvalue weighted by molar-refractivity contribution is -0.118. The van der Waals surface area contributed by atoms with Crippen LogP contribution in [-0.2, 0) is 16.8 Å². The fourth-order valence-electron chi connectivity index (χ4n) is 5.21. The lowest BCUT2D eigenvalue weighted by atomic mass is 9.84. The summed E-state index contributed by atoms with van der Waals surface area (Å²) in [6.45, 7) is 1.74. The molecule has 200 valence electrons. The van der Waals surface area contributed by atoms with Gasteiger partial charge in [0.15, 0.2) is 0 Å². The maximum atomic E-state index is 13.7. The second-order valence-electron chi connectivity index (χ2n) is 9.92. The third-order valence-electron chi connectivity index (χ3n) is 7.35. The van der Waals surface area contributed by atoms with Gasteiger partial charge in [0.2, 0.25) is 5.91 Å². The molecule has 1 fully saturated rings. The number of carbonyl (C=O) groups is 1. The van der Waals surface area contributed by atoms with Crippen molar-refractivity contribution in [3.63, 3.8) is 0 Å². The number of aromatic nitrogens is 2. The fourth-order valence-corrected chi connectivity index (χ4v) is 5.21. The molecular weight excluding hydrogens is 493 g/mol. The van der Waals surface area contributed by atoms with E-state index in [1.807, 2.05) is 54.6 Å². The Labute approximate surface area is 227 Å². The van der Waals surface area contributed by atoms with Crippen molar-refractivity contribution in [2.75, 3.05) is 29.9 Å². The fraction of sp³-hybridized carbons (Fsp3) is 0.258. The van der Waals surface area contributed by atoms with Crippen LogP contribution in [0, 0.1) is 5.82 Å². The number of nitrogens with two attached hydrogens (primary N) is 1. The molecule has 4 aromatic rings. The number of anilines is 2. The second kappa shape index (κ2) is 11.6. The van der Waals surface area contributed by atoms with Crippen LogP contribution >= 0.6 is 0 Å². The molecule has 3 heterocycles. The summed E-state index contributed by atoms with van der Waals surface area (Å²) in [4.78, 5) is 23.9. The van der Waals surface area contributed by atoms with Gasteiger partial charge in [-0.1, -0.05) is 54.6 Å². The average molecular weight is 526 g/mol. The molecule has 1 atom stereocenters. The van der Waals surface area contributed by atoms with Gasteiger partial charge in [-0.15, -0.1) is 0 Å². The Balaban J connectivity index is 1.40. The smallest absolute Gasteiger partial charge is 0.229 e. The normalized spacial score (nSPS) is 15.5. The Kier molecular flexibility index (Phi) is 7.84. The molecule has 0 bridgehead atoms. The summed E-state index contributed by atoms with van der Waals surface area (Å²) in [5.41, 5.74) is 8.11. The average Bonchev–Trinajstić information content (AvgIpc) is 2.95. The van der Waals surface area contributed by atoms with Crippen LogP contribution in [0.25, 0.3) is 0 Å². The zero-order valence-electron chi connectivity index (χ0n) is 21.6. The van der Waals surface area contributed by atoms with Gasteiger partial charge >= 0.3 is 0 Å². The number of hydrogen-bond donors (Lipinski definition) is 3. The van der Waals surface area contributed by atoms with Crippen LogP contribution in [-0.4, -0.2) is 40.6 Å². The van der Waals surface area contributed by atoms with Crippen LogP contribution in [0.5, 0.6) is 0 Å². The van der Waals surface area contributed by atoms with Crippen LogP contribution in [0.1, 0.15) is 41.0 Å². The molecule has 0 saturated carbocycles. The first-order valence-corrected chi connectivity index (χ1v) is 13.1. The van der Waals surface area contributed by atoms with E-state index in [9.17, 15) is 14.3 Å². The predicted octanol–water partition coefficient (Wildman–Crippen LogP) is 4.38. The highest BCUT2D eigenvalue weighted by Crippen LogP contribution is 2.36. The molecule has 0 spiro atoms.